The minimum atomic E-state index is -0.746. The van der Waals surface area contributed by atoms with Crippen molar-refractivity contribution in [2.24, 2.45) is 0 Å². The first kappa shape index (κ1) is 22.0. The summed E-state index contributed by atoms with van der Waals surface area (Å²) >= 11 is 1.01. The second-order valence-corrected chi connectivity index (χ2v) is 9.36. The number of H-pyrrole nitrogens is 1. The summed E-state index contributed by atoms with van der Waals surface area (Å²) in [6.07, 6.45) is 5.46. The van der Waals surface area contributed by atoms with Crippen LogP contribution in [0.5, 0.6) is 5.75 Å². The van der Waals surface area contributed by atoms with E-state index in [1.165, 1.54) is 56.0 Å². The molecule has 0 aliphatic carbocycles. The largest absolute Gasteiger partial charge is 0.506 e. The van der Waals surface area contributed by atoms with Crippen molar-refractivity contribution in [3.05, 3.63) is 62.8 Å². The number of likely N-dealkylation sites (tertiary alicyclic amines) is 1. The van der Waals surface area contributed by atoms with Gasteiger partial charge in [0.25, 0.3) is 0 Å². The zero-order chi connectivity index (χ0) is 21.6. The Morgan fingerprint density at radius 3 is 2.68 bits per heavy atom. The van der Waals surface area contributed by atoms with E-state index in [4.69, 9.17) is 0 Å². The van der Waals surface area contributed by atoms with E-state index in [1.54, 1.807) is 6.07 Å². The molecule has 1 fully saturated rings. The molecule has 1 aromatic heterocycles. The number of thiazole rings is 1. The van der Waals surface area contributed by atoms with Crippen molar-refractivity contribution < 1.29 is 10.2 Å². The number of phenolic OH excluding ortho intramolecular Hbond substituents is 1. The van der Waals surface area contributed by atoms with E-state index in [9.17, 15) is 15.0 Å². The quantitative estimate of drug-likeness (QED) is 0.402. The fourth-order valence-electron chi connectivity index (χ4n) is 4.32. The molecule has 0 saturated carbocycles. The molecule has 1 aliphatic rings. The van der Waals surface area contributed by atoms with E-state index in [0.717, 1.165) is 30.8 Å². The first-order valence-electron chi connectivity index (χ1n) is 11.1. The first-order valence-corrected chi connectivity index (χ1v) is 12.0. The molecule has 1 aliphatic heterocycles. The summed E-state index contributed by atoms with van der Waals surface area (Å²) < 4.78 is 0.612. The maximum Gasteiger partial charge on any atom is 0.305 e. The Kier molecular flexibility index (Phi) is 7.40. The highest BCUT2D eigenvalue weighted by molar-refractivity contribution is 7.16. The number of phenols is 1. The van der Waals surface area contributed by atoms with Crippen molar-refractivity contribution in [3.8, 4) is 5.75 Å². The molecule has 3 aromatic rings. The second-order valence-electron chi connectivity index (χ2n) is 8.37. The number of aromatic amines is 1. The van der Waals surface area contributed by atoms with Gasteiger partial charge in [0.2, 0.25) is 0 Å². The van der Waals surface area contributed by atoms with Crippen LogP contribution in [0, 0.1) is 0 Å². The van der Waals surface area contributed by atoms with Crippen molar-refractivity contribution >= 4 is 21.6 Å². The number of rotatable bonds is 8. The number of hydrogen-bond acceptors (Lipinski definition) is 6. The lowest BCUT2D eigenvalue weighted by molar-refractivity contribution is 0.176. The number of aromatic hydroxyl groups is 1. The Labute approximate surface area is 186 Å². The number of nitrogens with one attached hydrogen (secondary N) is 2. The molecule has 0 amide bonds. The van der Waals surface area contributed by atoms with E-state index in [-0.39, 0.29) is 10.6 Å². The number of benzene rings is 2. The van der Waals surface area contributed by atoms with E-state index < -0.39 is 6.10 Å². The number of hydrogen-bond donors (Lipinski definition) is 4. The predicted molar refractivity (Wildman–Crippen MR) is 126 cm³/mol. The van der Waals surface area contributed by atoms with Crippen LogP contribution in [0.3, 0.4) is 0 Å². The lowest BCUT2D eigenvalue weighted by Gasteiger charge is -2.20. The van der Waals surface area contributed by atoms with Gasteiger partial charge < -0.3 is 20.5 Å². The van der Waals surface area contributed by atoms with Gasteiger partial charge in [-0.2, -0.15) is 0 Å². The zero-order valence-corrected chi connectivity index (χ0v) is 18.6. The van der Waals surface area contributed by atoms with E-state index in [1.807, 2.05) is 0 Å². The highest BCUT2D eigenvalue weighted by Gasteiger charge is 2.16. The molecule has 2 aromatic carbocycles. The third-order valence-corrected chi connectivity index (χ3v) is 6.90. The predicted octanol–water partition coefficient (Wildman–Crippen LogP) is 3.54. The molecular formula is C24H31N3O3S. The molecule has 1 saturated heterocycles. The Hall–Kier alpha value is -2.19. The Morgan fingerprint density at radius 1 is 1.10 bits per heavy atom. The molecule has 2 heterocycles. The number of nitrogens with zero attached hydrogens (tertiary/aromatic N) is 1. The fraction of sp³-hybridized carbons (Fsp3) is 0.458. The summed E-state index contributed by atoms with van der Waals surface area (Å²) in [5.41, 5.74) is 3.72. The molecule has 1 atom stereocenters. The molecule has 4 N–H and O–H groups in total. The SMILES string of the molecule is O=c1[nH]c2c(O)ccc(C(O)CNCCc3cccc(CN4CCCCCC4)c3)c2s1. The van der Waals surface area contributed by atoms with Crippen LogP contribution in [0.25, 0.3) is 10.2 Å². The van der Waals surface area contributed by atoms with Gasteiger partial charge in [-0.05, 0) is 56.1 Å². The molecular weight excluding hydrogens is 410 g/mol. The van der Waals surface area contributed by atoms with Gasteiger partial charge in [-0.25, -0.2) is 0 Å². The number of fused-ring (bicyclic) bond motifs is 1. The topological polar surface area (TPSA) is 88.6 Å². The van der Waals surface area contributed by atoms with Crippen LogP contribution in [-0.4, -0.2) is 46.3 Å². The van der Waals surface area contributed by atoms with Crippen LogP contribution >= 0.6 is 11.3 Å². The highest BCUT2D eigenvalue weighted by Crippen LogP contribution is 2.31. The third kappa shape index (κ3) is 5.74. The van der Waals surface area contributed by atoms with Crippen LogP contribution in [0.4, 0.5) is 0 Å². The summed E-state index contributed by atoms with van der Waals surface area (Å²) in [5, 5.41) is 23.8. The van der Waals surface area contributed by atoms with Crippen molar-refractivity contribution in [3.63, 3.8) is 0 Å². The van der Waals surface area contributed by atoms with E-state index >= 15 is 0 Å². The maximum absolute atomic E-state index is 11.7. The summed E-state index contributed by atoms with van der Waals surface area (Å²) in [6, 6.07) is 12.0. The molecule has 0 bridgehead atoms. The number of aromatic nitrogens is 1. The Morgan fingerprint density at radius 2 is 1.87 bits per heavy atom. The molecule has 166 valence electrons. The van der Waals surface area contributed by atoms with Crippen molar-refractivity contribution in [1.29, 1.82) is 0 Å². The van der Waals surface area contributed by atoms with Gasteiger partial charge in [0.05, 0.1) is 10.8 Å². The maximum atomic E-state index is 11.7. The summed E-state index contributed by atoms with van der Waals surface area (Å²) in [4.78, 5) is 16.6. The normalized spacial score (nSPS) is 16.4. The average molecular weight is 442 g/mol. The molecule has 7 heteroatoms. The van der Waals surface area contributed by atoms with Gasteiger partial charge in [0.15, 0.2) is 0 Å². The molecule has 31 heavy (non-hydrogen) atoms. The van der Waals surface area contributed by atoms with Gasteiger partial charge in [-0.15, -0.1) is 0 Å². The lowest BCUT2D eigenvalue weighted by Crippen LogP contribution is -2.24. The van der Waals surface area contributed by atoms with Gasteiger partial charge in [-0.3, -0.25) is 9.69 Å². The summed E-state index contributed by atoms with van der Waals surface area (Å²) in [6.45, 7) is 4.57. The molecule has 0 spiro atoms. The highest BCUT2D eigenvalue weighted by atomic mass is 32.1. The average Bonchev–Trinajstić information content (AvgIpc) is 2.98. The Balaban J connectivity index is 1.29. The van der Waals surface area contributed by atoms with E-state index in [0.29, 0.717) is 22.3 Å². The Bertz CT molecular complexity index is 1050. The van der Waals surface area contributed by atoms with Crippen LogP contribution in [0.15, 0.2) is 41.2 Å². The van der Waals surface area contributed by atoms with Crippen molar-refractivity contribution in [2.45, 2.75) is 44.8 Å². The number of aliphatic hydroxyl groups is 1. The molecule has 6 nitrogen and oxygen atoms in total. The van der Waals surface area contributed by atoms with Crippen LogP contribution in [0.2, 0.25) is 0 Å². The second kappa shape index (κ2) is 10.4. The number of aliphatic hydroxyl groups excluding tert-OH is 1. The third-order valence-electron chi connectivity index (χ3n) is 5.97. The standard InChI is InChI=1S/C24H31N3O3S/c28-20-9-8-19(23-22(20)26-24(30)31-23)21(29)15-25-11-10-17-6-5-7-18(14-17)16-27-12-3-1-2-4-13-27/h5-9,14,21,25,28-29H,1-4,10-13,15-16H2,(H,26,30). The summed E-state index contributed by atoms with van der Waals surface area (Å²) in [5.74, 6) is 0.0253. The monoisotopic (exact) mass is 441 g/mol. The molecule has 4 rings (SSSR count). The van der Waals surface area contributed by atoms with Gasteiger partial charge in [-0.1, -0.05) is 54.5 Å². The van der Waals surface area contributed by atoms with Gasteiger partial charge in [0, 0.05) is 18.7 Å². The van der Waals surface area contributed by atoms with E-state index in [2.05, 4.69) is 39.5 Å². The molecule has 1 unspecified atom stereocenters. The first-order chi connectivity index (χ1) is 15.1. The van der Waals surface area contributed by atoms with Crippen LogP contribution in [-0.2, 0) is 13.0 Å². The van der Waals surface area contributed by atoms with Crippen molar-refractivity contribution in [1.82, 2.24) is 15.2 Å². The van der Waals surface area contributed by atoms with Crippen LogP contribution in [0.1, 0.15) is 48.5 Å². The van der Waals surface area contributed by atoms with Gasteiger partial charge in [0.1, 0.15) is 11.3 Å². The van der Waals surface area contributed by atoms with Crippen LogP contribution < -0.4 is 10.2 Å². The summed E-state index contributed by atoms with van der Waals surface area (Å²) in [7, 11) is 0. The minimum Gasteiger partial charge on any atom is -0.506 e. The smallest absolute Gasteiger partial charge is 0.305 e. The minimum absolute atomic E-state index is 0.0253. The van der Waals surface area contributed by atoms with Crippen molar-refractivity contribution in [2.75, 3.05) is 26.2 Å². The van der Waals surface area contributed by atoms with Gasteiger partial charge >= 0.3 is 4.87 Å². The fourth-order valence-corrected chi connectivity index (χ4v) is 5.24. The molecule has 0 radical (unpaired) electrons. The lowest BCUT2D eigenvalue weighted by atomic mass is 10.1. The zero-order valence-electron chi connectivity index (χ0n) is 17.8.